The molecule has 3 heteroatoms. The molecule has 2 aliphatic rings. The van der Waals surface area contributed by atoms with Crippen LogP contribution >= 0.6 is 0 Å². The molecule has 1 saturated carbocycles. The standard InChI is InChI=1S/C12H16N2O/c1-2-10-5-9(1)6-11(10)7-13-8-12-3-4-14-15-12/h1-4,9-11,13H,5-8H2. The van der Waals surface area contributed by atoms with Crippen LogP contribution in [0.15, 0.2) is 28.9 Å². The molecule has 1 N–H and O–H groups in total. The van der Waals surface area contributed by atoms with E-state index >= 15 is 0 Å². The number of hydrogen-bond donors (Lipinski definition) is 1. The lowest BCUT2D eigenvalue weighted by Crippen LogP contribution is -2.24. The lowest BCUT2D eigenvalue weighted by atomic mass is 9.94. The zero-order valence-electron chi connectivity index (χ0n) is 8.73. The van der Waals surface area contributed by atoms with Gasteiger partial charge in [-0.15, -0.1) is 0 Å². The molecule has 0 spiro atoms. The summed E-state index contributed by atoms with van der Waals surface area (Å²) in [4.78, 5) is 0. The largest absolute Gasteiger partial charge is 0.360 e. The van der Waals surface area contributed by atoms with Crippen molar-refractivity contribution < 1.29 is 4.52 Å². The Hall–Kier alpha value is -1.09. The molecule has 0 aliphatic heterocycles. The first-order valence-electron chi connectivity index (χ1n) is 5.70. The number of fused-ring (bicyclic) bond motifs is 2. The second-order valence-corrected chi connectivity index (χ2v) is 4.65. The summed E-state index contributed by atoms with van der Waals surface area (Å²) < 4.78 is 5.03. The number of hydrogen-bond acceptors (Lipinski definition) is 3. The van der Waals surface area contributed by atoms with Crippen LogP contribution in [-0.4, -0.2) is 11.7 Å². The molecule has 0 aromatic carbocycles. The molecule has 3 nitrogen and oxygen atoms in total. The van der Waals surface area contributed by atoms with Crippen LogP contribution in [-0.2, 0) is 6.54 Å². The minimum Gasteiger partial charge on any atom is -0.360 e. The summed E-state index contributed by atoms with van der Waals surface area (Å²) in [6, 6.07) is 1.91. The van der Waals surface area contributed by atoms with Crippen LogP contribution in [0.2, 0.25) is 0 Å². The third-order valence-electron chi connectivity index (χ3n) is 3.61. The molecule has 1 heterocycles. The Morgan fingerprint density at radius 3 is 3.07 bits per heavy atom. The van der Waals surface area contributed by atoms with Crippen molar-refractivity contribution in [1.82, 2.24) is 10.5 Å². The van der Waals surface area contributed by atoms with E-state index in [9.17, 15) is 0 Å². The van der Waals surface area contributed by atoms with Gasteiger partial charge in [0.1, 0.15) is 5.76 Å². The fraction of sp³-hybridized carbons (Fsp3) is 0.583. The number of aromatic nitrogens is 1. The van der Waals surface area contributed by atoms with Crippen molar-refractivity contribution in [2.24, 2.45) is 17.8 Å². The van der Waals surface area contributed by atoms with Gasteiger partial charge in [-0.2, -0.15) is 0 Å². The molecular formula is C12H16N2O. The highest BCUT2D eigenvalue weighted by Crippen LogP contribution is 2.42. The van der Waals surface area contributed by atoms with Crippen LogP contribution in [0.25, 0.3) is 0 Å². The van der Waals surface area contributed by atoms with E-state index in [0.29, 0.717) is 0 Å². The van der Waals surface area contributed by atoms with Gasteiger partial charge in [-0.05, 0) is 37.1 Å². The Bertz CT molecular complexity index is 345. The maximum Gasteiger partial charge on any atom is 0.150 e. The lowest BCUT2D eigenvalue weighted by molar-refractivity contribution is 0.356. The molecule has 2 aliphatic carbocycles. The van der Waals surface area contributed by atoms with E-state index in [1.54, 1.807) is 6.20 Å². The van der Waals surface area contributed by atoms with Crippen LogP contribution in [0.5, 0.6) is 0 Å². The van der Waals surface area contributed by atoms with Crippen molar-refractivity contribution in [2.75, 3.05) is 6.54 Å². The molecule has 1 fully saturated rings. The molecule has 1 aromatic heterocycles. The predicted molar refractivity (Wildman–Crippen MR) is 57.1 cm³/mol. The Morgan fingerprint density at radius 1 is 1.40 bits per heavy atom. The maximum absolute atomic E-state index is 5.03. The molecule has 0 radical (unpaired) electrons. The average molecular weight is 204 g/mol. The molecule has 80 valence electrons. The third kappa shape index (κ3) is 1.84. The van der Waals surface area contributed by atoms with E-state index in [1.165, 1.54) is 12.8 Å². The molecule has 3 unspecified atom stereocenters. The number of allylic oxidation sites excluding steroid dienone is 2. The summed E-state index contributed by atoms with van der Waals surface area (Å²) in [7, 11) is 0. The van der Waals surface area contributed by atoms with Gasteiger partial charge in [-0.1, -0.05) is 17.3 Å². The Morgan fingerprint density at radius 2 is 2.40 bits per heavy atom. The van der Waals surface area contributed by atoms with Gasteiger partial charge in [-0.25, -0.2) is 0 Å². The van der Waals surface area contributed by atoms with Crippen LogP contribution < -0.4 is 5.32 Å². The highest BCUT2D eigenvalue weighted by atomic mass is 16.5. The second-order valence-electron chi connectivity index (χ2n) is 4.65. The highest BCUT2D eigenvalue weighted by Gasteiger charge is 2.34. The van der Waals surface area contributed by atoms with Crippen LogP contribution in [0.3, 0.4) is 0 Å². The second kappa shape index (κ2) is 3.81. The Kier molecular flexibility index (Phi) is 2.33. The van der Waals surface area contributed by atoms with Crippen molar-refractivity contribution in [3.8, 4) is 0 Å². The van der Waals surface area contributed by atoms with Crippen LogP contribution in [0.4, 0.5) is 0 Å². The minimum atomic E-state index is 0.803. The van der Waals surface area contributed by atoms with Gasteiger partial charge in [0.05, 0.1) is 12.7 Å². The fourth-order valence-electron chi connectivity index (χ4n) is 2.84. The topological polar surface area (TPSA) is 38.1 Å². The van der Waals surface area contributed by atoms with Gasteiger partial charge in [-0.3, -0.25) is 0 Å². The molecule has 3 rings (SSSR count). The van der Waals surface area contributed by atoms with Crippen molar-refractivity contribution in [3.63, 3.8) is 0 Å². The summed E-state index contributed by atoms with van der Waals surface area (Å²) in [5.41, 5.74) is 0. The zero-order chi connectivity index (χ0) is 10.1. The third-order valence-corrected chi connectivity index (χ3v) is 3.61. The van der Waals surface area contributed by atoms with Gasteiger partial charge in [0.2, 0.25) is 0 Å². The van der Waals surface area contributed by atoms with Crippen molar-refractivity contribution in [3.05, 3.63) is 30.2 Å². The summed E-state index contributed by atoms with van der Waals surface area (Å²) in [5, 5.41) is 7.13. The monoisotopic (exact) mass is 204 g/mol. The summed E-state index contributed by atoms with van der Waals surface area (Å²) in [5.74, 6) is 3.46. The lowest BCUT2D eigenvalue weighted by Gasteiger charge is -2.17. The first kappa shape index (κ1) is 9.16. The van der Waals surface area contributed by atoms with E-state index in [-0.39, 0.29) is 0 Å². The first-order chi connectivity index (χ1) is 7.42. The summed E-state index contributed by atoms with van der Waals surface area (Å²) in [6.45, 7) is 1.91. The van der Waals surface area contributed by atoms with E-state index in [4.69, 9.17) is 4.52 Å². The first-order valence-corrected chi connectivity index (χ1v) is 5.70. The predicted octanol–water partition coefficient (Wildman–Crippen LogP) is 1.98. The molecule has 0 amide bonds. The van der Waals surface area contributed by atoms with Crippen LogP contribution in [0, 0.1) is 17.8 Å². The van der Waals surface area contributed by atoms with Gasteiger partial charge < -0.3 is 9.84 Å². The Balaban J connectivity index is 1.45. The van der Waals surface area contributed by atoms with Crippen molar-refractivity contribution in [2.45, 2.75) is 19.4 Å². The molecule has 3 atom stereocenters. The van der Waals surface area contributed by atoms with E-state index in [1.807, 2.05) is 6.07 Å². The fourth-order valence-corrected chi connectivity index (χ4v) is 2.84. The number of rotatable bonds is 4. The van der Waals surface area contributed by atoms with Gasteiger partial charge >= 0.3 is 0 Å². The van der Waals surface area contributed by atoms with Crippen molar-refractivity contribution in [1.29, 1.82) is 0 Å². The number of nitrogens with one attached hydrogen (secondary N) is 1. The minimum absolute atomic E-state index is 0.803. The smallest absolute Gasteiger partial charge is 0.150 e. The zero-order valence-corrected chi connectivity index (χ0v) is 8.73. The van der Waals surface area contributed by atoms with Crippen molar-refractivity contribution >= 4 is 0 Å². The van der Waals surface area contributed by atoms with E-state index in [2.05, 4.69) is 22.6 Å². The molecule has 0 saturated heterocycles. The normalized spacial score (nSPS) is 32.7. The molecule has 1 aromatic rings. The number of nitrogens with zero attached hydrogens (tertiary/aromatic N) is 1. The van der Waals surface area contributed by atoms with Gasteiger partial charge in [0.25, 0.3) is 0 Å². The van der Waals surface area contributed by atoms with Gasteiger partial charge in [0, 0.05) is 6.07 Å². The van der Waals surface area contributed by atoms with E-state index in [0.717, 1.165) is 36.6 Å². The molecular weight excluding hydrogens is 188 g/mol. The highest BCUT2D eigenvalue weighted by molar-refractivity contribution is 5.10. The summed E-state index contributed by atoms with van der Waals surface area (Å²) in [6.07, 6.45) is 9.23. The Labute approximate surface area is 89.5 Å². The maximum atomic E-state index is 5.03. The van der Waals surface area contributed by atoms with Gasteiger partial charge in [0.15, 0.2) is 0 Å². The molecule has 15 heavy (non-hydrogen) atoms. The SMILES string of the molecule is C1=CC2CC1CC2CNCc1ccno1. The van der Waals surface area contributed by atoms with E-state index < -0.39 is 0 Å². The molecule has 2 bridgehead atoms. The van der Waals surface area contributed by atoms with Crippen LogP contribution in [0.1, 0.15) is 18.6 Å². The quantitative estimate of drug-likeness (QED) is 0.762. The summed E-state index contributed by atoms with van der Waals surface area (Å²) >= 11 is 0. The average Bonchev–Trinajstić information content (AvgIpc) is 2.93.